The van der Waals surface area contributed by atoms with Crippen LogP contribution in [0.15, 0.2) is 12.3 Å². The Balaban J connectivity index is 2.18. The zero-order valence-corrected chi connectivity index (χ0v) is 14.8. The van der Waals surface area contributed by atoms with Crippen molar-refractivity contribution in [3.63, 3.8) is 0 Å². The van der Waals surface area contributed by atoms with E-state index in [0.29, 0.717) is 18.7 Å². The predicted octanol–water partition coefficient (Wildman–Crippen LogP) is 4.58. The van der Waals surface area contributed by atoms with Gasteiger partial charge in [-0.15, -0.1) is 0 Å². The van der Waals surface area contributed by atoms with Crippen molar-refractivity contribution in [2.75, 3.05) is 6.54 Å². The van der Waals surface area contributed by atoms with E-state index < -0.39 is 11.7 Å². The SMILES string of the molecule is CCc1nc2c(Cl)cc(C(F)(F)F)cn2c1C(=O)N1CCCCC1C. The Kier molecular flexibility index (Phi) is 4.70. The first-order valence-corrected chi connectivity index (χ1v) is 8.70. The van der Waals surface area contributed by atoms with Crippen molar-refractivity contribution >= 4 is 23.2 Å². The first kappa shape index (κ1) is 18.0. The summed E-state index contributed by atoms with van der Waals surface area (Å²) in [7, 11) is 0. The molecule has 136 valence electrons. The minimum absolute atomic E-state index is 0.0535. The predicted molar refractivity (Wildman–Crippen MR) is 88.9 cm³/mol. The molecule has 1 atom stereocenters. The highest BCUT2D eigenvalue weighted by molar-refractivity contribution is 6.33. The number of fused-ring (bicyclic) bond motifs is 1. The smallest absolute Gasteiger partial charge is 0.335 e. The average Bonchev–Trinajstić information content (AvgIpc) is 2.93. The lowest BCUT2D eigenvalue weighted by Crippen LogP contribution is -2.42. The van der Waals surface area contributed by atoms with Crippen LogP contribution >= 0.6 is 11.6 Å². The molecule has 1 aliphatic heterocycles. The largest absolute Gasteiger partial charge is 0.417 e. The van der Waals surface area contributed by atoms with Gasteiger partial charge in [0, 0.05) is 18.8 Å². The van der Waals surface area contributed by atoms with Crippen LogP contribution in [-0.4, -0.2) is 32.8 Å². The molecule has 0 spiro atoms. The number of carbonyl (C=O) groups is 1. The summed E-state index contributed by atoms with van der Waals surface area (Å²) in [6, 6.07) is 0.902. The van der Waals surface area contributed by atoms with Crippen molar-refractivity contribution in [1.82, 2.24) is 14.3 Å². The van der Waals surface area contributed by atoms with Gasteiger partial charge in [0.25, 0.3) is 5.91 Å². The van der Waals surface area contributed by atoms with Gasteiger partial charge >= 0.3 is 6.18 Å². The number of rotatable bonds is 2. The number of carbonyl (C=O) groups excluding carboxylic acids is 1. The number of nitrogens with zero attached hydrogens (tertiary/aromatic N) is 3. The van der Waals surface area contributed by atoms with Crippen LogP contribution in [0.5, 0.6) is 0 Å². The highest BCUT2D eigenvalue weighted by Gasteiger charge is 2.34. The number of amides is 1. The van der Waals surface area contributed by atoms with Gasteiger partial charge < -0.3 is 4.90 Å². The zero-order valence-electron chi connectivity index (χ0n) is 14.0. The summed E-state index contributed by atoms with van der Waals surface area (Å²) < 4.78 is 40.6. The third kappa shape index (κ3) is 3.21. The van der Waals surface area contributed by atoms with E-state index in [-0.39, 0.29) is 28.3 Å². The van der Waals surface area contributed by atoms with E-state index in [1.165, 1.54) is 4.40 Å². The number of hydrogen-bond donors (Lipinski definition) is 0. The molecule has 0 aliphatic carbocycles. The Morgan fingerprint density at radius 3 is 2.72 bits per heavy atom. The van der Waals surface area contributed by atoms with Crippen LogP contribution in [0.1, 0.15) is 54.9 Å². The number of aryl methyl sites for hydroxylation is 1. The molecular formula is C17H19ClF3N3O. The number of alkyl halides is 3. The Morgan fingerprint density at radius 2 is 2.12 bits per heavy atom. The maximum Gasteiger partial charge on any atom is 0.417 e. The van der Waals surface area contributed by atoms with Gasteiger partial charge in [-0.25, -0.2) is 4.98 Å². The van der Waals surface area contributed by atoms with Gasteiger partial charge in [-0.2, -0.15) is 13.2 Å². The molecule has 0 saturated carbocycles. The summed E-state index contributed by atoms with van der Waals surface area (Å²) in [5, 5.41) is -0.115. The topological polar surface area (TPSA) is 37.6 Å². The highest BCUT2D eigenvalue weighted by atomic mass is 35.5. The molecule has 2 aromatic heterocycles. The van der Waals surface area contributed by atoms with Crippen LogP contribution in [0, 0.1) is 0 Å². The van der Waals surface area contributed by atoms with Crippen molar-refractivity contribution in [2.24, 2.45) is 0 Å². The van der Waals surface area contributed by atoms with Gasteiger partial charge in [0.05, 0.1) is 16.3 Å². The van der Waals surface area contributed by atoms with Crippen LogP contribution in [0.2, 0.25) is 5.02 Å². The lowest BCUT2D eigenvalue weighted by atomic mass is 10.0. The summed E-state index contributed by atoms with van der Waals surface area (Å²) in [5.74, 6) is -0.285. The summed E-state index contributed by atoms with van der Waals surface area (Å²) in [4.78, 5) is 19.1. The molecule has 0 aromatic carbocycles. The van der Waals surface area contributed by atoms with Gasteiger partial charge in [0.2, 0.25) is 0 Å². The number of piperidine rings is 1. The fraction of sp³-hybridized carbons (Fsp3) is 0.529. The molecule has 1 amide bonds. The molecule has 2 aromatic rings. The van der Waals surface area contributed by atoms with E-state index >= 15 is 0 Å². The van der Waals surface area contributed by atoms with Gasteiger partial charge in [-0.1, -0.05) is 18.5 Å². The molecule has 0 N–H and O–H groups in total. The van der Waals surface area contributed by atoms with E-state index in [4.69, 9.17) is 11.6 Å². The molecule has 8 heteroatoms. The van der Waals surface area contributed by atoms with Crippen LogP contribution < -0.4 is 0 Å². The first-order chi connectivity index (χ1) is 11.7. The monoisotopic (exact) mass is 373 g/mol. The van der Waals surface area contributed by atoms with Gasteiger partial charge in [0.15, 0.2) is 5.65 Å². The molecule has 1 aliphatic rings. The number of likely N-dealkylation sites (tertiary alicyclic amines) is 1. The van der Waals surface area contributed by atoms with Crippen LogP contribution in [0.25, 0.3) is 5.65 Å². The van der Waals surface area contributed by atoms with Crippen molar-refractivity contribution in [3.8, 4) is 0 Å². The second-order valence-electron chi connectivity index (χ2n) is 6.37. The fourth-order valence-corrected chi connectivity index (χ4v) is 3.57. The van der Waals surface area contributed by atoms with Gasteiger partial charge in [-0.3, -0.25) is 9.20 Å². The average molecular weight is 374 g/mol. The molecule has 0 bridgehead atoms. The number of imidazole rings is 1. The zero-order chi connectivity index (χ0) is 18.4. The fourth-order valence-electron chi connectivity index (χ4n) is 3.32. The molecule has 1 saturated heterocycles. The summed E-state index contributed by atoms with van der Waals surface area (Å²) in [6.07, 6.45) is -0.380. The minimum Gasteiger partial charge on any atom is -0.335 e. The minimum atomic E-state index is -4.55. The first-order valence-electron chi connectivity index (χ1n) is 8.32. The number of pyridine rings is 1. The Labute approximate surface area is 148 Å². The van der Waals surface area contributed by atoms with Crippen molar-refractivity contribution < 1.29 is 18.0 Å². The molecule has 1 fully saturated rings. The molecule has 3 rings (SSSR count). The standard InChI is InChI=1S/C17H19ClF3N3O/c1-3-13-14(16(25)23-7-5-4-6-10(23)2)24-9-11(17(19,20)21)8-12(18)15(24)22-13/h8-10H,3-7H2,1-2H3. The summed E-state index contributed by atoms with van der Waals surface area (Å²) in [5.41, 5.74) is -0.0754. The lowest BCUT2D eigenvalue weighted by molar-refractivity contribution is -0.137. The van der Waals surface area contributed by atoms with Crippen molar-refractivity contribution in [2.45, 2.75) is 51.7 Å². The van der Waals surface area contributed by atoms with E-state index in [1.807, 2.05) is 13.8 Å². The van der Waals surface area contributed by atoms with Crippen LogP contribution in [0.3, 0.4) is 0 Å². The van der Waals surface area contributed by atoms with Crippen molar-refractivity contribution in [1.29, 1.82) is 0 Å². The Morgan fingerprint density at radius 1 is 1.40 bits per heavy atom. The third-order valence-electron chi connectivity index (χ3n) is 4.68. The second-order valence-corrected chi connectivity index (χ2v) is 6.78. The normalized spacial score (nSPS) is 18.8. The molecule has 4 nitrogen and oxygen atoms in total. The summed E-state index contributed by atoms with van der Waals surface area (Å²) in [6.45, 7) is 4.37. The van der Waals surface area contributed by atoms with Crippen LogP contribution in [-0.2, 0) is 12.6 Å². The van der Waals surface area contributed by atoms with E-state index in [1.54, 1.807) is 4.90 Å². The third-order valence-corrected chi connectivity index (χ3v) is 4.95. The molecule has 1 unspecified atom stereocenters. The molecule has 3 heterocycles. The van der Waals surface area contributed by atoms with E-state index in [0.717, 1.165) is 31.5 Å². The number of aromatic nitrogens is 2. The van der Waals surface area contributed by atoms with Crippen molar-refractivity contribution in [3.05, 3.63) is 34.2 Å². The number of halogens is 4. The number of hydrogen-bond acceptors (Lipinski definition) is 2. The maximum absolute atomic E-state index is 13.1. The molecular weight excluding hydrogens is 355 g/mol. The lowest BCUT2D eigenvalue weighted by Gasteiger charge is -2.33. The Bertz CT molecular complexity index is 816. The summed E-state index contributed by atoms with van der Waals surface area (Å²) >= 11 is 6.02. The van der Waals surface area contributed by atoms with Gasteiger partial charge in [0.1, 0.15) is 5.69 Å². The Hall–Kier alpha value is -1.76. The van der Waals surface area contributed by atoms with E-state index in [9.17, 15) is 18.0 Å². The van der Waals surface area contributed by atoms with Crippen LogP contribution in [0.4, 0.5) is 13.2 Å². The highest BCUT2D eigenvalue weighted by Crippen LogP contribution is 2.33. The maximum atomic E-state index is 13.1. The molecule has 25 heavy (non-hydrogen) atoms. The molecule has 0 radical (unpaired) electrons. The quantitative estimate of drug-likeness (QED) is 0.772. The van der Waals surface area contributed by atoms with E-state index in [2.05, 4.69) is 4.98 Å². The second kappa shape index (κ2) is 6.52. The van der Waals surface area contributed by atoms with Gasteiger partial charge in [-0.05, 0) is 38.7 Å².